The summed E-state index contributed by atoms with van der Waals surface area (Å²) in [5.74, 6) is 1.35. The number of anilines is 2. The molecule has 0 atom stereocenters. The van der Waals surface area contributed by atoms with Crippen molar-refractivity contribution < 1.29 is 4.52 Å². The Balaban J connectivity index is 0.000000300. The van der Waals surface area contributed by atoms with Gasteiger partial charge in [0.15, 0.2) is 4.77 Å². The third-order valence-corrected chi connectivity index (χ3v) is 5.43. The molecule has 3 heterocycles. The lowest BCUT2D eigenvalue weighted by atomic mass is 10.0. The van der Waals surface area contributed by atoms with Crippen LogP contribution in [0.4, 0.5) is 11.5 Å². The number of pyridine rings is 1. The summed E-state index contributed by atoms with van der Waals surface area (Å²) in [7, 11) is 0. The molecule has 0 aliphatic carbocycles. The summed E-state index contributed by atoms with van der Waals surface area (Å²) in [6, 6.07) is 19.7. The minimum absolute atomic E-state index is 0.572. The summed E-state index contributed by atoms with van der Waals surface area (Å²) in [4.78, 5) is 6.99. The lowest BCUT2D eigenvalue weighted by Gasteiger charge is -2.08. The van der Waals surface area contributed by atoms with Crippen molar-refractivity contribution in [1.29, 1.82) is 0 Å². The highest BCUT2D eigenvalue weighted by atomic mass is 32.1. The van der Waals surface area contributed by atoms with Crippen molar-refractivity contribution in [2.24, 2.45) is 0 Å². The summed E-state index contributed by atoms with van der Waals surface area (Å²) in [5, 5.41) is 4.05. The third-order valence-electron chi connectivity index (χ3n) is 5.11. The number of aromatic nitrogens is 4. The van der Waals surface area contributed by atoms with Crippen LogP contribution in [0.1, 0.15) is 17.0 Å². The zero-order chi connectivity index (χ0) is 22.7. The van der Waals surface area contributed by atoms with E-state index in [0.717, 1.165) is 33.6 Å². The van der Waals surface area contributed by atoms with Crippen LogP contribution in [0.2, 0.25) is 0 Å². The molecule has 0 radical (unpaired) electrons. The summed E-state index contributed by atoms with van der Waals surface area (Å²) in [5.41, 5.74) is 18.0. The molecule has 162 valence electrons. The van der Waals surface area contributed by atoms with E-state index in [1.165, 1.54) is 5.56 Å². The Labute approximate surface area is 190 Å². The normalized spacial score (nSPS) is 10.7. The number of H-pyrrole nitrogens is 1. The second-order valence-electron chi connectivity index (χ2n) is 7.42. The Morgan fingerprint density at radius 2 is 1.78 bits per heavy atom. The van der Waals surface area contributed by atoms with Crippen LogP contribution in [0.5, 0.6) is 0 Å². The van der Waals surface area contributed by atoms with E-state index in [1.54, 1.807) is 12.3 Å². The first kappa shape index (κ1) is 21.3. The van der Waals surface area contributed by atoms with Gasteiger partial charge in [0.05, 0.1) is 29.0 Å². The number of benzene rings is 2. The highest BCUT2D eigenvalue weighted by Gasteiger charge is 2.16. The van der Waals surface area contributed by atoms with Gasteiger partial charge in [-0.25, -0.2) is 4.98 Å². The first-order valence-electron chi connectivity index (χ1n) is 10.1. The van der Waals surface area contributed by atoms with Crippen molar-refractivity contribution in [1.82, 2.24) is 19.7 Å². The Morgan fingerprint density at radius 3 is 2.38 bits per heavy atom. The largest absolute Gasteiger partial charge is 0.397 e. The van der Waals surface area contributed by atoms with Gasteiger partial charge < -0.3 is 25.5 Å². The van der Waals surface area contributed by atoms with Crippen molar-refractivity contribution in [3.8, 4) is 11.1 Å². The van der Waals surface area contributed by atoms with Crippen LogP contribution in [-0.2, 0) is 6.54 Å². The van der Waals surface area contributed by atoms with E-state index in [-0.39, 0.29) is 0 Å². The molecule has 0 amide bonds. The molecular formula is C24H24N6OS. The van der Waals surface area contributed by atoms with E-state index in [2.05, 4.69) is 37.9 Å². The SMILES string of the molecule is Cc1noc(C)c1-c1cc(N)c2[nH]c(=S)n(Cc3ccccc3)c2c1.Nc1ccccn1. The van der Waals surface area contributed by atoms with E-state index >= 15 is 0 Å². The van der Waals surface area contributed by atoms with E-state index in [9.17, 15) is 0 Å². The monoisotopic (exact) mass is 444 g/mol. The topological polar surface area (TPSA) is 112 Å². The first-order chi connectivity index (χ1) is 15.4. The predicted molar refractivity (Wildman–Crippen MR) is 131 cm³/mol. The molecule has 5 aromatic rings. The zero-order valence-electron chi connectivity index (χ0n) is 17.9. The second-order valence-corrected chi connectivity index (χ2v) is 7.80. The zero-order valence-corrected chi connectivity index (χ0v) is 18.7. The fourth-order valence-electron chi connectivity index (χ4n) is 3.62. The Morgan fingerprint density at radius 1 is 1.03 bits per heavy atom. The summed E-state index contributed by atoms with van der Waals surface area (Å²) in [6.07, 6.45) is 1.66. The number of rotatable bonds is 3. The molecule has 2 aromatic carbocycles. The molecule has 0 aliphatic rings. The minimum atomic E-state index is 0.572. The highest BCUT2D eigenvalue weighted by Crippen LogP contribution is 2.33. The van der Waals surface area contributed by atoms with Gasteiger partial charge in [0.1, 0.15) is 11.6 Å². The number of aromatic amines is 1. The molecule has 0 saturated carbocycles. The van der Waals surface area contributed by atoms with E-state index in [0.29, 0.717) is 22.8 Å². The number of aryl methyl sites for hydroxylation is 2. The van der Waals surface area contributed by atoms with E-state index < -0.39 is 0 Å². The van der Waals surface area contributed by atoms with Gasteiger partial charge in [0.25, 0.3) is 0 Å². The van der Waals surface area contributed by atoms with Crippen molar-refractivity contribution in [3.63, 3.8) is 0 Å². The first-order valence-corrected chi connectivity index (χ1v) is 10.5. The lowest BCUT2D eigenvalue weighted by Crippen LogP contribution is -2.00. The molecule has 32 heavy (non-hydrogen) atoms. The number of imidazole rings is 1. The van der Waals surface area contributed by atoms with Crippen LogP contribution in [-0.4, -0.2) is 19.7 Å². The van der Waals surface area contributed by atoms with Gasteiger partial charge in [0, 0.05) is 11.8 Å². The molecule has 5 N–H and O–H groups in total. The smallest absolute Gasteiger partial charge is 0.178 e. The highest BCUT2D eigenvalue weighted by molar-refractivity contribution is 7.71. The van der Waals surface area contributed by atoms with Gasteiger partial charge in [-0.1, -0.05) is 41.6 Å². The van der Waals surface area contributed by atoms with E-state index in [4.69, 9.17) is 28.2 Å². The van der Waals surface area contributed by atoms with Gasteiger partial charge in [-0.05, 0) is 61.5 Å². The van der Waals surface area contributed by atoms with Crippen molar-refractivity contribution in [2.75, 3.05) is 11.5 Å². The van der Waals surface area contributed by atoms with Crippen molar-refractivity contribution >= 4 is 34.8 Å². The molecule has 5 rings (SSSR count). The molecule has 0 saturated heterocycles. The number of fused-ring (bicyclic) bond motifs is 1. The van der Waals surface area contributed by atoms with Crippen molar-refractivity contribution in [2.45, 2.75) is 20.4 Å². The molecule has 8 heteroatoms. The van der Waals surface area contributed by atoms with Gasteiger partial charge in [0.2, 0.25) is 0 Å². The maximum atomic E-state index is 6.30. The number of hydrogen-bond donors (Lipinski definition) is 3. The van der Waals surface area contributed by atoms with Crippen LogP contribution in [0.15, 0.2) is 71.4 Å². The molecule has 3 aromatic heterocycles. The Hall–Kier alpha value is -3.91. The number of nitrogen functional groups attached to an aromatic ring is 2. The molecule has 0 fully saturated rings. The minimum Gasteiger partial charge on any atom is -0.397 e. The lowest BCUT2D eigenvalue weighted by molar-refractivity contribution is 0.393. The molecular weight excluding hydrogens is 420 g/mol. The molecule has 0 spiro atoms. The second kappa shape index (κ2) is 9.07. The maximum absolute atomic E-state index is 6.30. The summed E-state index contributed by atoms with van der Waals surface area (Å²) < 4.78 is 8.03. The van der Waals surface area contributed by atoms with Gasteiger partial charge >= 0.3 is 0 Å². The van der Waals surface area contributed by atoms with Crippen LogP contribution >= 0.6 is 12.2 Å². The number of hydrogen-bond acceptors (Lipinski definition) is 6. The van der Waals surface area contributed by atoms with E-state index in [1.807, 2.05) is 50.2 Å². The van der Waals surface area contributed by atoms with Crippen LogP contribution in [0.3, 0.4) is 0 Å². The number of nitrogens with two attached hydrogens (primary N) is 2. The molecule has 7 nitrogen and oxygen atoms in total. The Kier molecular flexibility index (Phi) is 6.04. The van der Waals surface area contributed by atoms with Crippen LogP contribution in [0, 0.1) is 18.6 Å². The summed E-state index contributed by atoms with van der Waals surface area (Å²) in [6.45, 7) is 4.52. The van der Waals surface area contributed by atoms with Crippen LogP contribution < -0.4 is 11.5 Å². The predicted octanol–water partition coefficient (Wildman–Crippen LogP) is 5.27. The standard InChI is InChI=1S/C19H18N4OS.C5H6N2/c1-11-17(12(2)24-22-11)14-8-15(20)18-16(9-14)23(19(25)21-18)10-13-6-4-3-5-7-13;6-5-3-1-2-4-7-5/h3-9H,10,20H2,1-2H3,(H,21,25);1-4H,(H2,6,7). The third kappa shape index (κ3) is 4.40. The van der Waals surface area contributed by atoms with Crippen molar-refractivity contribution in [3.05, 3.63) is 88.6 Å². The molecule has 0 unspecified atom stereocenters. The van der Waals surface area contributed by atoms with Gasteiger partial charge in [-0.3, -0.25) is 0 Å². The molecule has 0 aliphatic heterocycles. The van der Waals surface area contributed by atoms with Crippen LogP contribution in [0.25, 0.3) is 22.2 Å². The quantitative estimate of drug-likeness (QED) is 0.258. The fourth-order valence-corrected chi connectivity index (χ4v) is 3.88. The average molecular weight is 445 g/mol. The Bertz CT molecular complexity index is 1380. The van der Waals surface area contributed by atoms with Gasteiger partial charge in [-0.2, -0.15) is 0 Å². The molecule has 0 bridgehead atoms. The number of nitrogens with zero attached hydrogens (tertiary/aromatic N) is 3. The fraction of sp³-hybridized carbons (Fsp3) is 0.125. The number of nitrogens with one attached hydrogen (secondary N) is 1. The summed E-state index contributed by atoms with van der Waals surface area (Å²) >= 11 is 5.53. The van der Waals surface area contributed by atoms with Gasteiger partial charge in [-0.15, -0.1) is 0 Å². The average Bonchev–Trinajstić information content (AvgIpc) is 3.29. The maximum Gasteiger partial charge on any atom is 0.178 e.